The van der Waals surface area contributed by atoms with Crippen molar-refractivity contribution in [3.8, 4) is 16.3 Å². The zero-order valence-electron chi connectivity index (χ0n) is 25.3. The molecule has 3 aromatic rings. The molecule has 1 aliphatic rings. The summed E-state index contributed by atoms with van der Waals surface area (Å²) in [5, 5.41) is 0.652. The molecule has 1 fully saturated rings. The van der Waals surface area contributed by atoms with Crippen molar-refractivity contribution in [3.63, 3.8) is 0 Å². The fourth-order valence-corrected chi connectivity index (χ4v) is 6.56. The molecule has 0 spiro atoms. The van der Waals surface area contributed by atoms with Crippen LogP contribution in [-0.4, -0.2) is 72.3 Å². The number of esters is 1. The molecule has 44 heavy (non-hydrogen) atoms. The molecule has 0 saturated carbocycles. The quantitative estimate of drug-likeness (QED) is 0.180. The zero-order valence-corrected chi connectivity index (χ0v) is 27.0. The van der Waals surface area contributed by atoms with Crippen LogP contribution in [0.5, 0.6) is 5.75 Å². The predicted octanol–water partition coefficient (Wildman–Crippen LogP) is 7.03. The topological polar surface area (TPSA) is 81.2 Å². The van der Waals surface area contributed by atoms with E-state index in [1.165, 1.54) is 30.6 Å². The van der Waals surface area contributed by atoms with E-state index in [0.717, 1.165) is 33.2 Å². The lowest BCUT2D eigenvalue weighted by Gasteiger charge is -2.35. The van der Waals surface area contributed by atoms with Crippen LogP contribution < -0.4 is 4.74 Å². The summed E-state index contributed by atoms with van der Waals surface area (Å²) in [5.41, 5.74) is 1.09. The van der Waals surface area contributed by atoms with Gasteiger partial charge in [0.2, 0.25) is 0 Å². The van der Waals surface area contributed by atoms with Crippen LogP contribution >= 0.6 is 23.1 Å². The second-order valence-corrected chi connectivity index (χ2v) is 13.4. The van der Waals surface area contributed by atoms with Gasteiger partial charge in [-0.2, -0.15) is 13.2 Å². The Morgan fingerprint density at radius 3 is 2.30 bits per heavy atom. The molecule has 1 saturated heterocycles. The Morgan fingerprint density at radius 1 is 1.02 bits per heavy atom. The van der Waals surface area contributed by atoms with E-state index in [9.17, 15) is 22.8 Å². The number of nitrogens with zero attached hydrogens (tertiary/aromatic N) is 3. The summed E-state index contributed by atoms with van der Waals surface area (Å²) >= 11 is 3.08. The maximum Gasteiger partial charge on any atom is 0.416 e. The van der Waals surface area contributed by atoms with E-state index in [2.05, 4.69) is 9.64 Å². The maximum absolute atomic E-state index is 13.1. The minimum atomic E-state index is -4.41. The van der Waals surface area contributed by atoms with E-state index in [1.807, 2.05) is 45.9 Å². The lowest BCUT2D eigenvalue weighted by Crippen LogP contribution is -2.49. The first kappa shape index (κ1) is 33.6. The normalized spacial score (nSPS) is 14.4. The second kappa shape index (κ2) is 14.2. The number of thiazole rings is 1. The first-order valence-electron chi connectivity index (χ1n) is 14.0. The number of hydrogen-bond acceptors (Lipinski definition) is 9. The number of thioether (sulfide) groups is 1. The van der Waals surface area contributed by atoms with Crippen LogP contribution in [0, 0.1) is 6.92 Å². The molecule has 0 N–H and O–H groups in total. The van der Waals surface area contributed by atoms with Gasteiger partial charge in [0.25, 0.3) is 0 Å². The van der Waals surface area contributed by atoms with Gasteiger partial charge < -0.3 is 19.1 Å². The number of ether oxygens (including phenoxy) is 3. The summed E-state index contributed by atoms with van der Waals surface area (Å²) in [5.74, 6) is 0.733. The monoisotopic (exact) mass is 651 g/mol. The van der Waals surface area contributed by atoms with Crippen molar-refractivity contribution in [1.82, 2.24) is 14.8 Å². The number of piperazine rings is 1. The molecule has 0 unspecified atom stereocenters. The van der Waals surface area contributed by atoms with Gasteiger partial charge in [-0.3, -0.25) is 4.90 Å². The highest BCUT2D eigenvalue weighted by Gasteiger charge is 2.30. The molecule has 8 nitrogen and oxygen atoms in total. The number of rotatable bonds is 9. The average molecular weight is 652 g/mol. The van der Waals surface area contributed by atoms with Crippen molar-refractivity contribution in [1.29, 1.82) is 0 Å². The molecule has 238 valence electrons. The SMILES string of the molecule is COC(=O)COc1ccc(SCc2sc(-c3ccc(C(F)(F)F)cc3)nc2CN2CCN(C(=O)OC(C)(C)C)CC2)cc1C. The van der Waals surface area contributed by atoms with E-state index >= 15 is 0 Å². The van der Waals surface area contributed by atoms with Gasteiger partial charge in [0, 0.05) is 53.8 Å². The van der Waals surface area contributed by atoms with Crippen LogP contribution in [-0.2, 0) is 32.7 Å². The van der Waals surface area contributed by atoms with Crippen molar-refractivity contribution >= 4 is 35.2 Å². The molecule has 1 amide bonds. The molecule has 4 rings (SSSR count). The molecule has 1 aliphatic heterocycles. The highest BCUT2D eigenvalue weighted by atomic mass is 32.2. The van der Waals surface area contributed by atoms with Gasteiger partial charge >= 0.3 is 18.2 Å². The van der Waals surface area contributed by atoms with Gasteiger partial charge in [0.05, 0.1) is 18.4 Å². The third-order valence-corrected chi connectivity index (χ3v) is 9.07. The molecule has 2 aromatic carbocycles. The van der Waals surface area contributed by atoms with Crippen LogP contribution in [0.3, 0.4) is 0 Å². The summed E-state index contributed by atoms with van der Waals surface area (Å²) in [7, 11) is 1.30. The second-order valence-electron chi connectivity index (χ2n) is 11.3. The lowest BCUT2D eigenvalue weighted by atomic mass is 10.1. The summed E-state index contributed by atoms with van der Waals surface area (Å²) in [6.45, 7) is 10.1. The lowest BCUT2D eigenvalue weighted by molar-refractivity contribution is -0.143. The Bertz CT molecular complexity index is 1450. The van der Waals surface area contributed by atoms with E-state index in [4.69, 9.17) is 14.5 Å². The average Bonchev–Trinajstić information content (AvgIpc) is 3.36. The number of halogens is 3. The summed E-state index contributed by atoms with van der Waals surface area (Å²) < 4.78 is 55.1. The van der Waals surface area contributed by atoms with Crippen molar-refractivity contribution in [3.05, 3.63) is 64.2 Å². The minimum absolute atomic E-state index is 0.174. The molecule has 13 heteroatoms. The van der Waals surface area contributed by atoms with E-state index in [-0.39, 0.29) is 12.7 Å². The van der Waals surface area contributed by atoms with E-state index < -0.39 is 23.3 Å². The molecule has 2 heterocycles. The number of aromatic nitrogens is 1. The highest BCUT2D eigenvalue weighted by molar-refractivity contribution is 7.98. The van der Waals surface area contributed by atoms with E-state index in [0.29, 0.717) is 54.8 Å². The smallest absolute Gasteiger partial charge is 0.416 e. The first-order chi connectivity index (χ1) is 20.7. The third-order valence-electron chi connectivity index (χ3n) is 6.72. The molecule has 0 radical (unpaired) electrons. The van der Waals surface area contributed by atoms with Crippen LogP contribution in [0.1, 0.15) is 42.5 Å². The summed E-state index contributed by atoms with van der Waals surface area (Å²) in [6.07, 6.45) is -4.74. The molecular weight excluding hydrogens is 615 g/mol. The van der Waals surface area contributed by atoms with Crippen molar-refractivity contribution in [2.24, 2.45) is 0 Å². The van der Waals surface area contributed by atoms with Crippen molar-refractivity contribution in [2.75, 3.05) is 39.9 Å². The fourth-order valence-electron chi connectivity index (χ4n) is 4.39. The van der Waals surface area contributed by atoms with Gasteiger partial charge in [0.15, 0.2) is 6.61 Å². The van der Waals surface area contributed by atoms with Crippen LogP contribution in [0.4, 0.5) is 18.0 Å². The standard InChI is InChI=1S/C31H36F3N3O5S2/c1-20-16-23(10-11-25(20)41-18-27(38)40-5)43-19-26-24(17-36-12-14-37(15-13-36)29(39)42-30(2,3)4)35-28(44-26)21-6-8-22(9-7-21)31(32,33)34/h6-11,16H,12-15,17-19H2,1-5H3. The Balaban J connectivity index is 1.49. The number of benzene rings is 2. The Kier molecular flexibility index (Phi) is 10.9. The number of carbonyl (C=O) groups excluding carboxylic acids is 2. The van der Waals surface area contributed by atoms with Crippen molar-refractivity contribution < 1.29 is 37.0 Å². The minimum Gasteiger partial charge on any atom is -0.482 e. The van der Waals surface area contributed by atoms with Crippen LogP contribution in [0.25, 0.3) is 10.6 Å². The fraction of sp³-hybridized carbons (Fsp3) is 0.452. The van der Waals surface area contributed by atoms with Crippen molar-refractivity contribution in [2.45, 2.75) is 56.7 Å². The van der Waals surface area contributed by atoms with Gasteiger partial charge in [-0.05, 0) is 63.6 Å². The largest absolute Gasteiger partial charge is 0.482 e. The van der Waals surface area contributed by atoms with Gasteiger partial charge in [0.1, 0.15) is 16.4 Å². The van der Waals surface area contributed by atoms with Crippen LogP contribution in [0.15, 0.2) is 47.4 Å². The van der Waals surface area contributed by atoms with Gasteiger partial charge in [-0.1, -0.05) is 12.1 Å². The molecular formula is C31H36F3N3O5S2. The highest BCUT2D eigenvalue weighted by Crippen LogP contribution is 2.36. The summed E-state index contributed by atoms with van der Waals surface area (Å²) in [4.78, 5) is 34.7. The molecule has 1 aromatic heterocycles. The Hall–Kier alpha value is -3.29. The number of carbonyl (C=O) groups is 2. The van der Waals surface area contributed by atoms with E-state index in [1.54, 1.807) is 16.7 Å². The molecule has 0 aliphatic carbocycles. The summed E-state index contributed by atoms with van der Waals surface area (Å²) in [6, 6.07) is 10.8. The molecule has 0 bridgehead atoms. The number of hydrogen-bond donors (Lipinski definition) is 0. The Labute approximate surface area is 263 Å². The van der Waals surface area contributed by atoms with Gasteiger partial charge in [-0.15, -0.1) is 23.1 Å². The zero-order chi connectivity index (χ0) is 32.1. The molecule has 0 atom stereocenters. The van der Waals surface area contributed by atoms with Crippen LogP contribution in [0.2, 0.25) is 0 Å². The third kappa shape index (κ3) is 9.35. The number of amides is 1. The first-order valence-corrected chi connectivity index (χ1v) is 15.8. The van der Waals surface area contributed by atoms with Gasteiger partial charge in [-0.25, -0.2) is 14.6 Å². The predicted molar refractivity (Wildman–Crippen MR) is 164 cm³/mol. The Morgan fingerprint density at radius 2 is 1.70 bits per heavy atom. The number of aryl methyl sites for hydroxylation is 1. The number of methoxy groups -OCH3 is 1. The number of alkyl halides is 3. The maximum atomic E-state index is 13.1.